The van der Waals surface area contributed by atoms with Crippen LogP contribution in [-0.2, 0) is 22.6 Å². The quantitative estimate of drug-likeness (QED) is 0.813. The molecule has 1 aromatic carbocycles. The van der Waals surface area contributed by atoms with E-state index in [0.29, 0.717) is 32.5 Å². The summed E-state index contributed by atoms with van der Waals surface area (Å²) in [7, 11) is 1.64. The molecule has 0 spiro atoms. The molecule has 1 atom stereocenters. The van der Waals surface area contributed by atoms with Crippen LogP contribution in [0.2, 0.25) is 0 Å². The van der Waals surface area contributed by atoms with E-state index in [4.69, 9.17) is 9.15 Å². The number of nitrogens with zero attached hydrogens (tertiary/aromatic N) is 1. The highest BCUT2D eigenvalue weighted by atomic mass is 16.5. The van der Waals surface area contributed by atoms with Crippen molar-refractivity contribution in [2.24, 2.45) is 5.92 Å². The summed E-state index contributed by atoms with van der Waals surface area (Å²) in [5.41, 5.74) is 1.14. The van der Waals surface area contributed by atoms with Crippen molar-refractivity contribution in [3.8, 4) is 5.75 Å². The number of furan rings is 1. The molecule has 1 aromatic heterocycles. The lowest BCUT2D eigenvalue weighted by atomic mass is 9.96. The van der Waals surface area contributed by atoms with Crippen molar-refractivity contribution >= 4 is 11.8 Å². The van der Waals surface area contributed by atoms with Crippen LogP contribution >= 0.6 is 0 Å². The number of aryl methyl sites for hydroxylation is 1. The summed E-state index contributed by atoms with van der Waals surface area (Å²) in [6, 6.07) is 11.6. The van der Waals surface area contributed by atoms with Crippen molar-refractivity contribution in [3.05, 3.63) is 53.5 Å². The Morgan fingerprint density at radius 1 is 1.26 bits per heavy atom. The third-order valence-electron chi connectivity index (χ3n) is 4.93. The fraction of sp³-hybridized carbons (Fsp3) is 0.429. The van der Waals surface area contributed by atoms with E-state index in [-0.39, 0.29) is 17.7 Å². The summed E-state index contributed by atoms with van der Waals surface area (Å²) in [6.07, 6.45) is 1.77. The molecule has 6 nitrogen and oxygen atoms in total. The van der Waals surface area contributed by atoms with Gasteiger partial charge in [-0.1, -0.05) is 12.1 Å². The molecule has 2 heterocycles. The molecule has 0 bridgehead atoms. The van der Waals surface area contributed by atoms with Crippen LogP contribution in [0.3, 0.4) is 0 Å². The van der Waals surface area contributed by atoms with E-state index in [9.17, 15) is 9.59 Å². The molecule has 1 aliphatic heterocycles. The van der Waals surface area contributed by atoms with E-state index >= 15 is 0 Å². The summed E-state index contributed by atoms with van der Waals surface area (Å²) in [4.78, 5) is 26.5. The number of likely N-dealkylation sites (tertiary alicyclic amines) is 1. The number of rotatable bonds is 7. The van der Waals surface area contributed by atoms with Gasteiger partial charge in [0.2, 0.25) is 11.8 Å². The summed E-state index contributed by atoms with van der Waals surface area (Å²) in [6.45, 7) is 3.34. The number of carbonyl (C=O) groups excluding carboxylic acids is 2. The van der Waals surface area contributed by atoms with E-state index < -0.39 is 0 Å². The molecule has 0 radical (unpaired) electrons. The molecule has 0 aliphatic carbocycles. The minimum Gasteiger partial charge on any atom is -0.497 e. The number of benzene rings is 1. The highest BCUT2D eigenvalue weighted by molar-refractivity contribution is 5.83. The van der Waals surface area contributed by atoms with Gasteiger partial charge >= 0.3 is 0 Å². The molecule has 27 heavy (non-hydrogen) atoms. The maximum atomic E-state index is 12.5. The minimum atomic E-state index is -0.172. The van der Waals surface area contributed by atoms with Crippen LogP contribution in [-0.4, -0.2) is 36.9 Å². The van der Waals surface area contributed by atoms with Gasteiger partial charge in [-0.2, -0.15) is 0 Å². The Morgan fingerprint density at radius 3 is 2.70 bits per heavy atom. The number of nitrogens with one attached hydrogen (secondary N) is 1. The Kier molecular flexibility index (Phi) is 6.16. The van der Waals surface area contributed by atoms with Gasteiger partial charge in [0.15, 0.2) is 0 Å². The fourth-order valence-electron chi connectivity index (χ4n) is 3.30. The van der Waals surface area contributed by atoms with Gasteiger partial charge in [0.25, 0.3) is 0 Å². The number of amides is 2. The topological polar surface area (TPSA) is 71.8 Å². The van der Waals surface area contributed by atoms with Crippen molar-refractivity contribution in [2.45, 2.75) is 32.7 Å². The normalized spacial score (nSPS) is 17.0. The van der Waals surface area contributed by atoms with Crippen LogP contribution in [0, 0.1) is 12.8 Å². The fourth-order valence-corrected chi connectivity index (χ4v) is 3.30. The highest BCUT2D eigenvalue weighted by Gasteiger charge is 2.29. The number of hydrogen-bond donors (Lipinski definition) is 1. The average molecular weight is 370 g/mol. The monoisotopic (exact) mass is 370 g/mol. The zero-order chi connectivity index (χ0) is 19.2. The van der Waals surface area contributed by atoms with Crippen molar-refractivity contribution in [1.82, 2.24) is 10.2 Å². The standard InChI is InChI=1S/C21H26N2O4/c1-15-3-7-19(27-15)13-22-21(25)17-6-10-20(24)23(14-17)12-11-16-4-8-18(26-2)9-5-16/h3-5,7-9,17H,6,10-14H2,1-2H3,(H,22,25). The van der Waals surface area contributed by atoms with Gasteiger partial charge in [-0.3, -0.25) is 9.59 Å². The van der Waals surface area contributed by atoms with Gasteiger partial charge in [-0.15, -0.1) is 0 Å². The molecule has 1 unspecified atom stereocenters. The van der Waals surface area contributed by atoms with Gasteiger partial charge in [-0.05, 0) is 49.6 Å². The maximum absolute atomic E-state index is 12.5. The first-order valence-electron chi connectivity index (χ1n) is 9.29. The van der Waals surface area contributed by atoms with Gasteiger partial charge in [-0.25, -0.2) is 0 Å². The smallest absolute Gasteiger partial charge is 0.225 e. The number of carbonyl (C=O) groups is 2. The Hall–Kier alpha value is -2.76. The van der Waals surface area contributed by atoms with E-state index in [1.807, 2.05) is 43.3 Å². The van der Waals surface area contributed by atoms with Crippen LogP contribution in [0.4, 0.5) is 0 Å². The zero-order valence-corrected chi connectivity index (χ0v) is 15.9. The molecular formula is C21H26N2O4. The Balaban J connectivity index is 1.50. The molecule has 1 N–H and O–H groups in total. The average Bonchev–Trinajstić information content (AvgIpc) is 3.11. The first kappa shape index (κ1) is 19.0. The number of hydrogen-bond acceptors (Lipinski definition) is 4. The predicted molar refractivity (Wildman–Crippen MR) is 101 cm³/mol. The summed E-state index contributed by atoms with van der Waals surface area (Å²) < 4.78 is 10.6. The van der Waals surface area contributed by atoms with Gasteiger partial charge in [0.05, 0.1) is 19.6 Å². The minimum absolute atomic E-state index is 0.0222. The van der Waals surface area contributed by atoms with E-state index in [1.54, 1.807) is 12.0 Å². The van der Waals surface area contributed by atoms with Gasteiger partial charge in [0.1, 0.15) is 17.3 Å². The van der Waals surface area contributed by atoms with Crippen molar-refractivity contribution in [2.75, 3.05) is 20.2 Å². The molecule has 1 fully saturated rings. The number of ether oxygens (including phenoxy) is 1. The van der Waals surface area contributed by atoms with Crippen molar-refractivity contribution in [3.63, 3.8) is 0 Å². The zero-order valence-electron chi connectivity index (χ0n) is 15.9. The van der Waals surface area contributed by atoms with Crippen LogP contribution < -0.4 is 10.1 Å². The molecule has 6 heteroatoms. The maximum Gasteiger partial charge on any atom is 0.225 e. The molecule has 144 valence electrons. The first-order valence-corrected chi connectivity index (χ1v) is 9.29. The van der Waals surface area contributed by atoms with Crippen LogP contribution in [0.1, 0.15) is 29.9 Å². The lowest BCUT2D eigenvalue weighted by molar-refractivity contribution is -0.138. The lowest BCUT2D eigenvalue weighted by Crippen LogP contribution is -2.46. The SMILES string of the molecule is COc1ccc(CCN2CC(C(=O)NCc3ccc(C)o3)CCC2=O)cc1. The van der Waals surface area contributed by atoms with Crippen LogP contribution in [0.15, 0.2) is 40.8 Å². The van der Waals surface area contributed by atoms with Crippen molar-refractivity contribution < 1.29 is 18.7 Å². The second-order valence-corrected chi connectivity index (χ2v) is 6.90. The Bertz CT molecular complexity index is 782. The molecule has 0 saturated carbocycles. The van der Waals surface area contributed by atoms with Gasteiger partial charge in [0, 0.05) is 19.5 Å². The van der Waals surface area contributed by atoms with E-state index in [1.165, 1.54) is 0 Å². The number of piperidine rings is 1. The number of methoxy groups -OCH3 is 1. The third kappa shape index (κ3) is 5.12. The highest BCUT2D eigenvalue weighted by Crippen LogP contribution is 2.19. The molecule has 1 aliphatic rings. The third-order valence-corrected chi connectivity index (χ3v) is 4.93. The molecule has 2 aromatic rings. The van der Waals surface area contributed by atoms with E-state index in [2.05, 4.69) is 5.32 Å². The van der Waals surface area contributed by atoms with Gasteiger partial charge < -0.3 is 19.4 Å². The lowest BCUT2D eigenvalue weighted by Gasteiger charge is -2.32. The molecule has 1 saturated heterocycles. The summed E-state index contributed by atoms with van der Waals surface area (Å²) in [5.74, 6) is 2.31. The summed E-state index contributed by atoms with van der Waals surface area (Å²) >= 11 is 0. The summed E-state index contributed by atoms with van der Waals surface area (Å²) in [5, 5.41) is 2.92. The molecule has 2 amide bonds. The Labute approximate surface area is 159 Å². The largest absolute Gasteiger partial charge is 0.497 e. The predicted octanol–water partition coefficient (Wildman–Crippen LogP) is 2.69. The van der Waals surface area contributed by atoms with E-state index in [0.717, 1.165) is 29.3 Å². The second-order valence-electron chi connectivity index (χ2n) is 6.90. The Morgan fingerprint density at radius 2 is 2.04 bits per heavy atom. The second kappa shape index (κ2) is 8.75. The van der Waals surface area contributed by atoms with Crippen LogP contribution in [0.5, 0.6) is 5.75 Å². The molecular weight excluding hydrogens is 344 g/mol. The van der Waals surface area contributed by atoms with Crippen LogP contribution in [0.25, 0.3) is 0 Å². The van der Waals surface area contributed by atoms with Crippen molar-refractivity contribution in [1.29, 1.82) is 0 Å². The first-order chi connectivity index (χ1) is 13.0. The molecule has 3 rings (SSSR count).